The van der Waals surface area contributed by atoms with Crippen molar-refractivity contribution < 1.29 is 23.8 Å². The van der Waals surface area contributed by atoms with Crippen molar-refractivity contribution in [3.05, 3.63) is 52.2 Å². The molecule has 2 heterocycles. The average Bonchev–Trinajstić information content (AvgIpc) is 3.24. The number of benzene rings is 1. The highest BCUT2D eigenvalue weighted by atomic mass is 32.1. The molecule has 0 aliphatic carbocycles. The fourth-order valence-corrected chi connectivity index (χ4v) is 4.46. The summed E-state index contributed by atoms with van der Waals surface area (Å²) >= 11 is 1.71. The Bertz CT molecular complexity index is 826. The molecule has 1 aliphatic rings. The number of methoxy groups -OCH3 is 2. The van der Waals surface area contributed by atoms with Crippen molar-refractivity contribution in [3.63, 3.8) is 0 Å². The van der Waals surface area contributed by atoms with Crippen LogP contribution in [0.15, 0.2) is 41.8 Å². The number of hydrogen-bond donors (Lipinski definition) is 0. The van der Waals surface area contributed by atoms with Crippen molar-refractivity contribution in [2.75, 3.05) is 53.7 Å². The van der Waals surface area contributed by atoms with Crippen LogP contribution in [0.5, 0.6) is 5.75 Å². The number of fused-ring (bicyclic) bond motifs is 1. The summed E-state index contributed by atoms with van der Waals surface area (Å²) in [6.45, 7) is 1.60. The van der Waals surface area contributed by atoms with Crippen LogP contribution in [0.4, 0.5) is 0 Å². The Hall–Kier alpha value is -2.42. The van der Waals surface area contributed by atoms with Crippen LogP contribution in [0, 0.1) is 0 Å². The maximum atomic E-state index is 13.2. The molecule has 30 heavy (non-hydrogen) atoms. The molecule has 2 aromatic rings. The Morgan fingerprint density at radius 3 is 2.70 bits per heavy atom. The number of carbonyl (C=O) groups is 2. The number of rotatable bonds is 10. The van der Waals surface area contributed by atoms with Crippen molar-refractivity contribution in [2.24, 2.45) is 0 Å². The van der Waals surface area contributed by atoms with E-state index in [2.05, 4.69) is 11.4 Å². The summed E-state index contributed by atoms with van der Waals surface area (Å²) in [6, 6.07) is 11.5. The fourth-order valence-electron chi connectivity index (χ4n) is 3.53. The molecule has 0 spiro atoms. The van der Waals surface area contributed by atoms with Crippen LogP contribution in [-0.2, 0) is 25.5 Å². The van der Waals surface area contributed by atoms with Gasteiger partial charge in [-0.2, -0.15) is 0 Å². The first-order valence-electron chi connectivity index (χ1n) is 9.93. The van der Waals surface area contributed by atoms with Crippen LogP contribution >= 0.6 is 11.3 Å². The Balaban J connectivity index is 1.73. The SMILES string of the molecule is COCCN(CC(=O)N1CCc2sccc2C1COc1ccccc1)C(=O)COC. The fraction of sp³-hybridized carbons (Fsp3) is 0.455. The van der Waals surface area contributed by atoms with E-state index >= 15 is 0 Å². The monoisotopic (exact) mass is 432 g/mol. The van der Waals surface area contributed by atoms with Gasteiger partial charge in [0.1, 0.15) is 19.0 Å². The quantitative estimate of drug-likeness (QED) is 0.577. The lowest BCUT2D eigenvalue weighted by atomic mass is 10.0. The Morgan fingerprint density at radius 2 is 1.97 bits per heavy atom. The molecule has 1 aromatic carbocycles. The highest BCUT2D eigenvalue weighted by Crippen LogP contribution is 2.34. The van der Waals surface area contributed by atoms with E-state index in [4.69, 9.17) is 14.2 Å². The molecule has 1 aromatic heterocycles. The molecule has 0 saturated carbocycles. The lowest BCUT2D eigenvalue weighted by Gasteiger charge is -2.37. The maximum absolute atomic E-state index is 13.2. The molecular weight excluding hydrogens is 404 g/mol. The van der Waals surface area contributed by atoms with Crippen molar-refractivity contribution >= 4 is 23.2 Å². The van der Waals surface area contributed by atoms with E-state index in [9.17, 15) is 9.59 Å². The third-order valence-electron chi connectivity index (χ3n) is 5.08. The standard InChI is InChI=1S/C22H28N2O5S/c1-27-12-11-23(22(26)16-28-2)14-21(25)24-10-8-20-18(9-13-30-20)19(24)15-29-17-6-4-3-5-7-17/h3-7,9,13,19H,8,10-12,14-16H2,1-2H3. The summed E-state index contributed by atoms with van der Waals surface area (Å²) in [7, 11) is 3.04. The molecule has 8 heteroatoms. The van der Waals surface area contributed by atoms with Gasteiger partial charge in [-0.3, -0.25) is 9.59 Å². The molecule has 0 saturated heterocycles. The van der Waals surface area contributed by atoms with Crippen LogP contribution in [0.3, 0.4) is 0 Å². The molecule has 3 rings (SSSR count). The minimum absolute atomic E-state index is 0.00708. The molecule has 2 amide bonds. The number of carbonyl (C=O) groups excluding carboxylic acids is 2. The van der Waals surface area contributed by atoms with Crippen LogP contribution in [0.2, 0.25) is 0 Å². The van der Waals surface area contributed by atoms with Crippen molar-refractivity contribution in [1.29, 1.82) is 0 Å². The van der Waals surface area contributed by atoms with E-state index in [1.807, 2.05) is 35.2 Å². The van der Waals surface area contributed by atoms with Gasteiger partial charge in [0.15, 0.2) is 0 Å². The zero-order valence-corrected chi connectivity index (χ0v) is 18.2. The Morgan fingerprint density at radius 1 is 1.17 bits per heavy atom. The normalized spacial score (nSPS) is 15.5. The first kappa shape index (κ1) is 22.3. The predicted molar refractivity (Wildman–Crippen MR) is 115 cm³/mol. The Labute approximate surface area is 181 Å². The molecule has 7 nitrogen and oxygen atoms in total. The van der Waals surface area contributed by atoms with E-state index in [-0.39, 0.29) is 31.0 Å². The van der Waals surface area contributed by atoms with Gasteiger partial charge in [0.25, 0.3) is 0 Å². The van der Waals surface area contributed by atoms with Crippen molar-refractivity contribution in [1.82, 2.24) is 9.80 Å². The lowest BCUT2D eigenvalue weighted by molar-refractivity contribution is -0.145. The zero-order chi connectivity index (χ0) is 21.3. The summed E-state index contributed by atoms with van der Waals surface area (Å²) in [6.07, 6.45) is 0.810. The third-order valence-corrected chi connectivity index (χ3v) is 6.07. The number of amides is 2. The number of nitrogens with zero attached hydrogens (tertiary/aromatic N) is 2. The van der Waals surface area contributed by atoms with E-state index in [0.717, 1.165) is 17.7 Å². The molecular formula is C22H28N2O5S. The second kappa shape index (κ2) is 11.1. The summed E-state index contributed by atoms with van der Waals surface area (Å²) in [5.41, 5.74) is 1.13. The first-order chi connectivity index (χ1) is 14.6. The second-order valence-corrected chi connectivity index (χ2v) is 8.02. The van der Waals surface area contributed by atoms with Gasteiger partial charge >= 0.3 is 0 Å². The molecule has 162 valence electrons. The van der Waals surface area contributed by atoms with Gasteiger partial charge in [0.05, 0.1) is 19.2 Å². The summed E-state index contributed by atoms with van der Waals surface area (Å²) in [4.78, 5) is 30.2. The largest absolute Gasteiger partial charge is 0.491 e. The predicted octanol–water partition coefficient (Wildman–Crippen LogP) is 2.37. The molecule has 0 fully saturated rings. The topological polar surface area (TPSA) is 68.3 Å². The molecule has 1 atom stereocenters. The summed E-state index contributed by atoms with van der Waals surface area (Å²) in [5, 5.41) is 2.06. The van der Waals surface area contributed by atoms with Gasteiger partial charge in [0.2, 0.25) is 11.8 Å². The van der Waals surface area contributed by atoms with Crippen molar-refractivity contribution in [2.45, 2.75) is 12.5 Å². The molecule has 0 bridgehead atoms. The van der Waals surface area contributed by atoms with Gasteiger partial charge in [-0.1, -0.05) is 18.2 Å². The van der Waals surface area contributed by atoms with E-state index in [1.54, 1.807) is 18.4 Å². The van der Waals surface area contributed by atoms with Gasteiger partial charge in [-0.15, -0.1) is 11.3 Å². The first-order valence-corrected chi connectivity index (χ1v) is 10.8. The minimum Gasteiger partial charge on any atom is -0.491 e. The van der Waals surface area contributed by atoms with Crippen LogP contribution < -0.4 is 4.74 Å². The van der Waals surface area contributed by atoms with Gasteiger partial charge < -0.3 is 24.0 Å². The smallest absolute Gasteiger partial charge is 0.249 e. The number of para-hydroxylation sites is 1. The second-order valence-electron chi connectivity index (χ2n) is 7.02. The molecule has 0 radical (unpaired) electrons. The molecule has 1 unspecified atom stereocenters. The van der Waals surface area contributed by atoms with E-state index in [1.165, 1.54) is 16.9 Å². The Kier molecular flexibility index (Phi) is 8.24. The van der Waals surface area contributed by atoms with Gasteiger partial charge in [0, 0.05) is 32.2 Å². The summed E-state index contributed by atoms with van der Waals surface area (Å²) in [5.74, 6) is 0.437. The van der Waals surface area contributed by atoms with Gasteiger partial charge in [-0.25, -0.2) is 0 Å². The molecule has 1 aliphatic heterocycles. The van der Waals surface area contributed by atoms with Crippen LogP contribution in [-0.4, -0.2) is 75.3 Å². The summed E-state index contributed by atoms with van der Waals surface area (Å²) < 4.78 is 16.1. The van der Waals surface area contributed by atoms with Crippen molar-refractivity contribution in [3.8, 4) is 5.75 Å². The van der Waals surface area contributed by atoms with E-state index < -0.39 is 0 Å². The lowest BCUT2D eigenvalue weighted by Crippen LogP contribution is -2.49. The van der Waals surface area contributed by atoms with Crippen LogP contribution in [0.1, 0.15) is 16.5 Å². The maximum Gasteiger partial charge on any atom is 0.249 e. The molecule has 0 N–H and O–H groups in total. The third kappa shape index (κ3) is 5.59. The highest BCUT2D eigenvalue weighted by molar-refractivity contribution is 7.10. The zero-order valence-electron chi connectivity index (χ0n) is 17.4. The number of thiophene rings is 1. The van der Waals surface area contributed by atoms with Gasteiger partial charge in [-0.05, 0) is 35.6 Å². The van der Waals surface area contributed by atoms with E-state index in [0.29, 0.717) is 26.3 Å². The average molecular weight is 433 g/mol. The number of hydrogen-bond acceptors (Lipinski definition) is 6. The minimum atomic E-state index is -0.229. The highest BCUT2D eigenvalue weighted by Gasteiger charge is 2.33. The number of ether oxygens (including phenoxy) is 3. The van der Waals surface area contributed by atoms with Crippen LogP contribution in [0.25, 0.3) is 0 Å².